The van der Waals surface area contributed by atoms with Crippen molar-refractivity contribution in [3.63, 3.8) is 0 Å². The largest absolute Gasteiger partial charge is 0.477 e. The number of rotatable bonds is 7. The molecule has 0 aliphatic heterocycles. The molecule has 5 nitrogen and oxygen atoms in total. The first kappa shape index (κ1) is 19.3. The molecule has 1 rings (SSSR count). The van der Waals surface area contributed by atoms with Crippen LogP contribution in [0.3, 0.4) is 0 Å². The molecule has 0 saturated carbocycles. The SMILES string of the molecule is C#CCOc1ccc(CCNC(=O)OC(C)(C)C)cc1OCC#C. The lowest BCUT2D eigenvalue weighted by Gasteiger charge is -2.19. The van der Waals surface area contributed by atoms with E-state index in [0.717, 1.165) is 5.56 Å². The minimum absolute atomic E-state index is 0.131. The zero-order valence-electron chi connectivity index (χ0n) is 14.3. The van der Waals surface area contributed by atoms with Crippen LogP contribution in [0.4, 0.5) is 4.79 Å². The lowest BCUT2D eigenvalue weighted by atomic mass is 10.1. The van der Waals surface area contributed by atoms with E-state index in [9.17, 15) is 4.79 Å². The van der Waals surface area contributed by atoms with Crippen LogP contribution in [0.25, 0.3) is 0 Å². The van der Waals surface area contributed by atoms with E-state index >= 15 is 0 Å². The van der Waals surface area contributed by atoms with Gasteiger partial charge < -0.3 is 19.5 Å². The summed E-state index contributed by atoms with van der Waals surface area (Å²) in [5, 5.41) is 2.71. The van der Waals surface area contributed by atoms with Crippen LogP contribution in [0.5, 0.6) is 11.5 Å². The molecule has 0 spiro atoms. The normalized spacial score (nSPS) is 10.2. The van der Waals surface area contributed by atoms with Crippen molar-refractivity contribution in [3.05, 3.63) is 23.8 Å². The highest BCUT2D eigenvalue weighted by Crippen LogP contribution is 2.28. The Morgan fingerprint density at radius 3 is 2.33 bits per heavy atom. The molecule has 0 fully saturated rings. The van der Waals surface area contributed by atoms with Crippen LogP contribution >= 0.6 is 0 Å². The van der Waals surface area contributed by atoms with Crippen LogP contribution < -0.4 is 14.8 Å². The maximum absolute atomic E-state index is 11.6. The van der Waals surface area contributed by atoms with Crippen molar-refractivity contribution in [2.75, 3.05) is 19.8 Å². The molecule has 1 aromatic carbocycles. The molecular weight excluding hydrogens is 306 g/mol. The fraction of sp³-hybridized carbons (Fsp3) is 0.421. The first-order chi connectivity index (χ1) is 11.4. The molecule has 128 valence electrons. The fourth-order valence-corrected chi connectivity index (χ4v) is 1.80. The molecule has 1 N–H and O–H groups in total. The molecule has 0 heterocycles. The molecule has 5 heteroatoms. The molecule has 0 radical (unpaired) electrons. The Morgan fingerprint density at radius 2 is 1.75 bits per heavy atom. The van der Waals surface area contributed by atoms with Gasteiger partial charge in [0.25, 0.3) is 0 Å². The summed E-state index contributed by atoms with van der Waals surface area (Å²) < 4.78 is 16.1. The summed E-state index contributed by atoms with van der Waals surface area (Å²) in [6.07, 6.45) is 10.6. The molecule has 0 aromatic heterocycles. The van der Waals surface area contributed by atoms with Crippen LogP contribution in [0, 0.1) is 24.7 Å². The standard InChI is InChI=1S/C19H23NO4/c1-6-12-22-16-9-8-15(14-17(16)23-13-7-2)10-11-20-18(21)24-19(3,4)5/h1-2,8-9,14H,10-13H2,3-5H3,(H,20,21). The van der Waals surface area contributed by atoms with Gasteiger partial charge in [-0.15, -0.1) is 12.8 Å². The van der Waals surface area contributed by atoms with Crippen molar-refractivity contribution >= 4 is 6.09 Å². The number of hydrogen-bond donors (Lipinski definition) is 1. The van der Waals surface area contributed by atoms with Crippen molar-refractivity contribution in [2.24, 2.45) is 0 Å². The monoisotopic (exact) mass is 329 g/mol. The average molecular weight is 329 g/mol. The van der Waals surface area contributed by atoms with Crippen LogP contribution in [0.15, 0.2) is 18.2 Å². The highest BCUT2D eigenvalue weighted by molar-refractivity contribution is 5.67. The number of nitrogens with one attached hydrogen (secondary N) is 1. The second-order valence-electron chi connectivity index (χ2n) is 5.95. The highest BCUT2D eigenvalue weighted by atomic mass is 16.6. The summed E-state index contributed by atoms with van der Waals surface area (Å²) in [6, 6.07) is 5.47. The minimum atomic E-state index is -0.518. The van der Waals surface area contributed by atoms with E-state index in [1.807, 2.05) is 32.9 Å². The Labute approximate surface area is 143 Å². The van der Waals surface area contributed by atoms with Gasteiger partial charge in [-0.2, -0.15) is 0 Å². The van der Waals surface area contributed by atoms with Gasteiger partial charge in [0, 0.05) is 6.54 Å². The molecule has 0 bridgehead atoms. The van der Waals surface area contributed by atoms with E-state index in [-0.39, 0.29) is 13.2 Å². The van der Waals surface area contributed by atoms with E-state index in [1.54, 1.807) is 6.07 Å². The van der Waals surface area contributed by atoms with Crippen molar-refractivity contribution in [2.45, 2.75) is 32.8 Å². The molecule has 0 unspecified atom stereocenters. The van der Waals surface area contributed by atoms with Gasteiger partial charge in [-0.25, -0.2) is 4.79 Å². The van der Waals surface area contributed by atoms with Gasteiger partial charge in [-0.1, -0.05) is 17.9 Å². The van der Waals surface area contributed by atoms with Gasteiger partial charge in [0.1, 0.15) is 18.8 Å². The quantitative estimate of drug-likeness (QED) is 0.782. The van der Waals surface area contributed by atoms with E-state index in [2.05, 4.69) is 17.2 Å². The summed E-state index contributed by atoms with van der Waals surface area (Å²) in [4.78, 5) is 11.6. The van der Waals surface area contributed by atoms with Crippen LogP contribution in [0.1, 0.15) is 26.3 Å². The molecule has 24 heavy (non-hydrogen) atoms. The Balaban J connectivity index is 2.63. The zero-order chi connectivity index (χ0) is 18.0. The molecule has 0 aliphatic carbocycles. The number of terminal acetylenes is 2. The maximum Gasteiger partial charge on any atom is 0.407 e. The van der Waals surface area contributed by atoms with Crippen LogP contribution in [-0.4, -0.2) is 31.5 Å². The van der Waals surface area contributed by atoms with E-state index in [0.29, 0.717) is 24.5 Å². The second-order valence-corrected chi connectivity index (χ2v) is 5.95. The van der Waals surface area contributed by atoms with Gasteiger partial charge in [0.2, 0.25) is 0 Å². The number of alkyl carbamates (subject to hydrolysis) is 1. The molecule has 0 saturated heterocycles. The molecule has 0 aliphatic rings. The summed E-state index contributed by atoms with van der Waals surface area (Å²) in [6.45, 7) is 6.16. The number of hydrogen-bond acceptors (Lipinski definition) is 4. The third-order valence-corrected chi connectivity index (χ3v) is 2.71. The van der Waals surface area contributed by atoms with Crippen molar-refractivity contribution < 1.29 is 19.0 Å². The molecule has 1 amide bonds. The van der Waals surface area contributed by atoms with Gasteiger partial charge in [0.05, 0.1) is 0 Å². The van der Waals surface area contributed by atoms with Gasteiger partial charge in [-0.3, -0.25) is 0 Å². The Morgan fingerprint density at radius 1 is 1.12 bits per heavy atom. The Hall–Kier alpha value is -2.79. The first-order valence-corrected chi connectivity index (χ1v) is 7.58. The first-order valence-electron chi connectivity index (χ1n) is 7.58. The summed E-state index contributed by atoms with van der Waals surface area (Å²) in [7, 11) is 0. The fourth-order valence-electron chi connectivity index (χ4n) is 1.80. The van der Waals surface area contributed by atoms with E-state index in [1.165, 1.54) is 0 Å². The van der Waals surface area contributed by atoms with Crippen LogP contribution in [0.2, 0.25) is 0 Å². The highest BCUT2D eigenvalue weighted by Gasteiger charge is 2.15. The smallest absolute Gasteiger partial charge is 0.407 e. The van der Waals surface area contributed by atoms with E-state index < -0.39 is 11.7 Å². The number of carbonyl (C=O) groups is 1. The van der Waals surface area contributed by atoms with Gasteiger partial charge in [-0.05, 0) is 44.9 Å². The maximum atomic E-state index is 11.6. The molecule has 1 aromatic rings. The number of ether oxygens (including phenoxy) is 3. The van der Waals surface area contributed by atoms with Gasteiger partial charge in [0.15, 0.2) is 11.5 Å². The third-order valence-electron chi connectivity index (χ3n) is 2.71. The zero-order valence-corrected chi connectivity index (χ0v) is 14.3. The lowest BCUT2D eigenvalue weighted by Crippen LogP contribution is -2.33. The number of carbonyl (C=O) groups excluding carboxylic acids is 1. The second kappa shape index (κ2) is 9.37. The van der Waals surface area contributed by atoms with Crippen molar-refractivity contribution in [3.8, 4) is 36.2 Å². The van der Waals surface area contributed by atoms with E-state index in [4.69, 9.17) is 27.1 Å². The topological polar surface area (TPSA) is 56.8 Å². The van der Waals surface area contributed by atoms with Crippen molar-refractivity contribution in [1.29, 1.82) is 0 Å². The molecular formula is C19H23NO4. The predicted octanol–water partition coefficient (Wildman–Crippen LogP) is 2.78. The molecule has 0 atom stereocenters. The number of amides is 1. The minimum Gasteiger partial charge on any atom is -0.477 e. The average Bonchev–Trinajstić information content (AvgIpc) is 2.50. The Bertz CT molecular complexity index is 632. The summed E-state index contributed by atoms with van der Waals surface area (Å²) in [5.74, 6) is 5.87. The van der Waals surface area contributed by atoms with Crippen LogP contribution in [-0.2, 0) is 11.2 Å². The van der Waals surface area contributed by atoms with Crippen molar-refractivity contribution in [1.82, 2.24) is 5.32 Å². The predicted molar refractivity (Wildman–Crippen MR) is 93.0 cm³/mol. The lowest BCUT2D eigenvalue weighted by molar-refractivity contribution is 0.0528. The number of benzene rings is 1. The Kier molecular flexibility index (Phi) is 7.52. The third kappa shape index (κ3) is 7.47. The summed E-state index contributed by atoms with van der Waals surface area (Å²) >= 11 is 0. The van der Waals surface area contributed by atoms with Gasteiger partial charge >= 0.3 is 6.09 Å². The summed E-state index contributed by atoms with van der Waals surface area (Å²) in [5.41, 5.74) is 0.446.